The van der Waals surface area contributed by atoms with Crippen LogP contribution in [0.25, 0.3) is 0 Å². The zero-order valence-electron chi connectivity index (χ0n) is 12.7. The first kappa shape index (κ1) is 17.6. The summed E-state index contributed by atoms with van der Waals surface area (Å²) >= 11 is 2.19. The molecule has 0 saturated heterocycles. The second kappa shape index (κ2) is 7.32. The van der Waals surface area contributed by atoms with Crippen molar-refractivity contribution in [2.24, 2.45) is 0 Å². The molecule has 1 amide bonds. The first-order valence-electron chi connectivity index (χ1n) is 7.20. The van der Waals surface area contributed by atoms with Crippen molar-refractivity contribution in [2.45, 2.75) is 19.0 Å². The molecule has 0 aliphatic rings. The van der Waals surface area contributed by atoms with Crippen molar-refractivity contribution in [1.82, 2.24) is 9.97 Å². The number of nitrogens with one attached hydrogen (secondary N) is 1. The van der Waals surface area contributed by atoms with Gasteiger partial charge in [-0.2, -0.15) is 13.2 Å². The van der Waals surface area contributed by atoms with E-state index in [-0.39, 0.29) is 11.6 Å². The number of carbonyl (C=O) groups is 1. The van der Waals surface area contributed by atoms with E-state index in [0.29, 0.717) is 12.1 Å². The van der Waals surface area contributed by atoms with Gasteiger partial charge in [-0.1, -0.05) is 30.3 Å². The van der Waals surface area contributed by atoms with E-state index in [9.17, 15) is 18.0 Å². The number of aromatic nitrogens is 2. The molecule has 0 radical (unpaired) electrons. The molecule has 0 fully saturated rings. The van der Waals surface area contributed by atoms with E-state index in [1.807, 2.05) is 30.3 Å². The molecule has 0 bridgehead atoms. The van der Waals surface area contributed by atoms with Crippen molar-refractivity contribution in [1.29, 1.82) is 0 Å². The molecule has 0 unspecified atom stereocenters. The molecule has 0 aliphatic heterocycles. The fourth-order valence-electron chi connectivity index (χ4n) is 2.07. The van der Waals surface area contributed by atoms with Crippen molar-refractivity contribution in [2.75, 3.05) is 5.32 Å². The summed E-state index contributed by atoms with van der Waals surface area (Å²) in [4.78, 5) is 19.7. The third-order valence-electron chi connectivity index (χ3n) is 3.18. The van der Waals surface area contributed by atoms with E-state index in [4.69, 9.17) is 0 Å². The number of benzene rings is 1. The van der Waals surface area contributed by atoms with Crippen LogP contribution in [0.2, 0.25) is 0 Å². The molecule has 4 nitrogen and oxygen atoms in total. The van der Waals surface area contributed by atoms with Crippen LogP contribution in [0.4, 0.5) is 18.3 Å². The van der Waals surface area contributed by atoms with Crippen LogP contribution in [0.5, 0.6) is 0 Å². The Hall–Kier alpha value is -2.26. The topological polar surface area (TPSA) is 54.9 Å². The van der Waals surface area contributed by atoms with Gasteiger partial charge in [0.2, 0.25) is 5.91 Å². The van der Waals surface area contributed by atoms with Gasteiger partial charge in [-0.05, 0) is 5.56 Å². The minimum absolute atomic E-state index is 0.00772. The van der Waals surface area contributed by atoms with Crippen molar-refractivity contribution in [3.63, 3.8) is 0 Å². The van der Waals surface area contributed by atoms with Crippen LogP contribution >= 0.6 is 22.7 Å². The van der Waals surface area contributed by atoms with E-state index in [1.165, 1.54) is 11.3 Å². The quantitative estimate of drug-likeness (QED) is 0.711. The molecule has 0 saturated carbocycles. The Kier molecular flexibility index (Phi) is 5.14. The summed E-state index contributed by atoms with van der Waals surface area (Å²) in [6.45, 7) is 0. The average molecular weight is 383 g/mol. The van der Waals surface area contributed by atoms with Crippen LogP contribution in [0.15, 0.2) is 41.1 Å². The lowest BCUT2D eigenvalue weighted by Gasteiger charge is -2.01. The van der Waals surface area contributed by atoms with E-state index in [0.717, 1.165) is 27.3 Å². The van der Waals surface area contributed by atoms with E-state index in [1.54, 1.807) is 5.38 Å². The molecule has 3 aromatic rings. The molecule has 25 heavy (non-hydrogen) atoms. The van der Waals surface area contributed by atoms with Gasteiger partial charge >= 0.3 is 6.18 Å². The Bertz CT molecular complexity index is 859. The summed E-state index contributed by atoms with van der Waals surface area (Å²) in [5.41, 5.74) is 0.697. The number of carbonyl (C=O) groups excluding carboxylic acids is 1. The highest BCUT2D eigenvalue weighted by Gasteiger charge is 2.33. The molecule has 0 aliphatic carbocycles. The molecule has 2 aromatic heterocycles. The number of anilines is 1. The Labute approximate surface area is 149 Å². The number of nitrogens with zero attached hydrogens (tertiary/aromatic N) is 2. The van der Waals surface area contributed by atoms with Gasteiger partial charge in [0.25, 0.3) is 0 Å². The number of alkyl halides is 3. The number of thiazole rings is 2. The van der Waals surface area contributed by atoms with Crippen molar-refractivity contribution in [3.05, 3.63) is 63.1 Å². The zero-order valence-corrected chi connectivity index (χ0v) is 14.3. The van der Waals surface area contributed by atoms with Gasteiger partial charge in [-0.15, -0.1) is 22.7 Å². The summed E-state index contributed by atoms with van der Waals surface area (Å²) in [5.74, 6) is -0.445. The molecule has 1 aromatic carbocycles. The lowest BCUT2D eigenvalue weighted by atomic mass is 10.2. The lowest BCUT2D eigenvalue weighted by molar-refractivity contribution is -0.140. The molecule has 0 spiro atoms. The maximum atomic E-state index is 12.5. The first-order valence-corrected chi connectivity index (χ1v) is 8.96. The van der Waals surface area contributed by atoms with Crippen molar-refractivity contribution in [3.8, 4) is 0 Å². The van der Waals surface area contributed by atoms with Crippen LogP contribution in [0.3, 0.4) is 0 Å². The van der Waals surface area contributed by atoms with Gasteiger partial charge in [0, 0.05) is 17.2 Å². The Morgan fingerprint density at radius 1 is 1.08 bits per heavy atom. The van der Waals surface area contributed by atoms with Gasteiger partial charge < -0.3 is 5.32 Å². The second-order valence-electron chi connectivity index (χ2n) is 5.16. The maximum absolute atomic E-state index is 12.5. The number of amides is 1. The number of halogens is 3. The SMILES string of the molecule is O=C(Cc1csc(Cc2ccccc2)n1)Nc1nc(C(F)(F)F)cs1. The third kappa shape index (κ3) is 4.86. The van der Waals surface area contributed by atoms with Gasteiger partial charge in [0.05, 0.1) is 17.1 Å². The van der Waals surface area contributed by atoms with Gasteiger partial charge in [-0.3, -0.25) is 4.79 Å². The Morgan fingerprint density at radius 3 is 2.52 bits per heavy atom. The van der Waals surface area contributed by atoms with E-state index >= 15 is 0 Å². The normalized spacial score (nSPS) is 11.5. The fraction of sp³-hybridized carbons (Fsp3) is 0.188. The highest BCUT2D eigenvalue weighted by atomic mass is 32.1. The molecule has 130 valence electrons. The molecule has 9 heteroatoms. The van der Waals surface area contributed by atoms with Crippen LogP contribution in [0.1, 0.15) is 22.0 Å². The largest absolute Gasteiger partial charge is 0.434 e. The second-order valence-corrected chi connectivity index (χ2v) is 6.96. The third-order valence-corrected chi connectivity index (χ3v) is 4.84. The molecular weight excluding hydrogens is 371 g/mol. The standard InChI is InChI=1S/C16H12F3N3OS2/c17-16(18,19)12-9-25-15(21-12)22-13(23)7-11-8-24-14(20-11)6-10-4-2-1-3-5-10/h1-5,8-9H,6-7H2,(H,21,22,23). The van der Waals surface area contributed by atoms with Crippen LogP contribution < -0.4 is 5.32 Å². The smallest absolute Gasteiger partial charge is 0.302 e. The Balaban J connectivity index is 1.57. The maximum Gasteiger partial charge on any atom is 0.434 e. The van der Waals surface area contributed by atoms with Gasteiger partial charge in [0.15, 0.2) is 10.8 Å². The monoisotopic (exact) mass is 383 g/mol. The fourth-order valence-corrected chi connectivity index (χ4v) is 3.63. The van der Waals surface area contributed by atoms with Gasteiger partial charge in [-0.25, -0.2) is 9.97 Å². The molecule has 0 atom stereocenters. The van der Waals surface area contributed by atoms with Crippen LogP contribution in [-0.4, -0.2) is 15.9 Å². The Morgan fingerprint density at radius 2 is 1.84 bits per heavy atom. The zero-order chi connectivity index (χ0) is 17.9. The predicted octanol–water partition coefficient (Wildman–Crippen LogP) is 4.39. The number of hydrogen-bond acceptors (Lipinski definition) is 5. The molecule has 2 heterocycles. The average Bonchev–Trinajstić information content (AvgIpc) is 3.17. The van der Waals surface area contributed by atoms with Crippen molar-refractivity contribution >= 4 is 33.7 Å². The van der Waals surface area contributed by atoms with Gasteiger partial charge in [0.1, 0.15) is 0 Å². The lowest BCUT2D eigenvalue weighted by Crippen LogP contribution is -2.15. The highest BCUT2D eigenvalue weighted by molar-refractivity contribution is 7.14. The summed E-state index contributed by atoms with van der Waals surface area (Å²) in [6, 6.07) is 9.81. The molecule has 1 N–H and O–H groups in total. The number of hydrogen-bond donors (Lipinski definition) is 1. The minimum Gasteiger partial charge on any atom is -0.302 e. The summed E-state index contributed by atoms with van der Waals surface area (Å²) in [5, 5.41) is 5.83. The van der Waals surface area contributed by atoms with E-state index < -0.39 is 17.8 Å². The molecular formula is C16H12F3N3OS2. The minimum atomic E-state index is -4.51. The first-order chi connectivity index (χ1) is 11.9. The summed E-state index contributed by atoms with van der Waals surface area (Å²) in [6.07, 6.45) is -3.85. The highest BCUT2D eigenvalue weighted by Crippen LogP contribution is 2.31. The number of rotatable bonds is 5. The molecule has 3 rings (SSSR count). The van der Waals surface area contributed by atoms with Crippen LogP contribution in [-0.2, 0) is 23.8 Å². The van der Waals surface area contributed by atoms with Crippen LogP contribution in [0, 0.1) is 0 Å². The predicted molar refractivity (Wildman–Crippen MR) is 90.8 cm³/mol. The summed E-state index contributed by atoms with van der Waals surface area (Å²) < 4.78 is 37.5. The van der Waals surface area contributed by atoms with E-state index in [2.05, 4.69) is 15.3 Å². The summed E-state index contributed by atoms with van der Waals surface area (Å²) in [7, 11) is 0. The van der Waals surface area contributed by atoms with Crippen molar-refractivity contribution < 1.29 is 18.0 Å².